The van der Waals surface area contributed by atoms with Crippen LogP contribution in [0.3, 0.4) is 0 Å². The molecular weight excluding hydrogens is 678 g/mol. The number of hydrogen-bond donors (Lipinski definition) is 4. The first-order chi connectivity index (χ1) is 25.5. The van der Waals surface area contributed by atoms with Gasteiger partial charge in [-0.3, -0.25) is 14.4 Å². The monoisotopic (exact) mass is 729 g/mol. The highest BCUT2D eigenvalue weighted by Crippen LogP contribution is 2.33. The van der Waals surface area contributed by atoms with Gasteiger partial charge in [-0.1, -0.05) is 69.3 Å². The lowest BCUT2D eigenvalue weighted by Crippen LogP contribution is -2.51. The van der Waals surface area contributed by atoms with Gasteiger partial charge in [-0.15, -0.1) is 0 Å². The molecule has 2 aromatic carbocycles. The lowest BCUT2D eigenvalue weighted by Gasteiger charge is -2.30. The van der Waals surface area contributed by atoms with Crippen LogP contribution in [0, 0.1) is 11.8 Å². The summed E-state index contributed by atoms with van der Waals surface area (Å²) >= 11 is 0. The fourth-order valence-electron chi connectivity index (χ4n) is 6.96. The number of aromatic nitrogens is 2. The van der Waals surface area contributed by atoms with E-state index >= 15 is 0 Å². The molecule has 3 aromatic rings. The maximum absolute atomic E-state index is 13.5. The Bertz CT molecular complexity index is 1740. The summed E-state index contributed by atoms with van der Waals surface area (Å²) in [4.78, 5) is 74.3. The molecule has 4 atom stereocenters. The topological polar surface area (TPSA) is 175 Å². The zero-order valence-corrected chi connectivity index (χ0v) is 31.1. The van der Waals surface area contributed by atoms with Crippen LogP contribution >= 0.6 is 0 Å². The first-order valence-corrected chi connectivity index (χ1v) is 18.3. The minimum Gasteiger partial charge on any atom is -0.453 e. The maximum Gasteiger partial charge on any atom is 0.407 e. The normalized spacial score (nSPS) is 18.0. The summed E-state index contributed by atoms with van der Waals surface area (Å²) in [6.07, 6.45) is 3.86. The van der Waals surface area contributed by atoms with E-state index in [0.29, 0.717) is 38.4 Å². The van der Waals surface area contributed by atoms with E-state index in [9.17, 15) is 24.0 Å². The fourth-order valence-corrected chi connectivity index (χ4v) is 6.96. The third kappa shape index (κ3) is 9.73. The summed E-state index contributed by atoms with van der Waals surface area (Å²) in [5.41, 5.74) is 4.81. The average molecular weight is 730 g/mol. The van der Waals surface area contributed by atoms with Crippen LogP contribution in [0.1, 0.15) is 70.3 Å². The van der Waals surface area contributed by atoms with E-state index in [1.165, 1.54) is 14.2 Å². The van der Waals surface area contributed by atoms with Crippen molar-refractivity contribution in [3.63, 3.8) is 0 Å². The molecule has 5 amide bonds. The van der Waals surface area contributed by atoms with Crippen LogP contribution in [0.5, 0.6) is 0 Å². The number of carbonyl (C=O) groups excluding carboxylic acids is 5. The van der Waals surface area contributed by atoms with E-state index in [1.807, 2.05) is 69.3 Å². The number of hydrogen-bond acceptors (Lipinski definition) is 8. The van der Waals surface area contributed by atoms with E-state index in [2.05, 4.69) is 30.7 Å². The van der Waals surface area contributed by atoms with Crippen LogP contribution in [0.4, 0.5) is 9.59 Å². The molecule has 0 saturated carbocycles. The highest BCUT2D eigenvalue weighted by atomic mass is 16.5. The number of likely N-dealkylation sites (tertiary alicyclic amines) is 2. The van der Waals surface area contributed by atoms with Crippen molar-refractivity contribution in [2.75, 3.05) is 33.9 Å². The van der Waals surface area contributed by atoms with Crippen molar-refractivity contribution in [3.8, 4) is 22.4 Å². The predicted molar refractivity (Wildman–Crippen MR) is 198 cm³/mol. The van der Waals surface area contributed by atoms with E-state index in [-0.39, 0.29) is 42.0 Å². The van der Waals surface area contributed by atoms with Gasteiger partial charge >= 0.3 is 12.2 Å². The predicted octanol–water partition coefficient (Wildman–Crippen LogP) is 4.78. The van der Waals surface area contributed by atoms with Crippen LogP contribution in [0.25, 0.3) is 22.4 Å². The summed E-state index contributed by atoms with van der Waals surface area (Å²) < 4.78 is 9.32. The lowest BCUT2D eigenvalue weighted by molar-refractivity contribution is -0.139. The number of rotatable bonds is 13. The fraction of sp³-hybridized carbons (Fsp3) is 0.487. The summed E-state index contributed by atoms with van der Waals surface area (Å²) in [5.74, 6) is 0.107. The van der Waals surface area contributed by atoms with Gasteiger partial charge in [-0.25, -0.2) is 14.6 Å². The van der Waals surface area contributed by atoms with Crippen molar-refractivity contribution in [2.24, 2.45) is 11.8 Å². The number of alkyl carbamates (subject to hydrolysis) is 2. The molecule has 284 valence electrons. The third-order valence-corrected chi connectivity index (χ3v) is 9.97. The number of nitrogens with one attached hydrogen (secondary N) is 4. The number of nitrogens with zero attached hydrogens (tertiary/aromatic N) is 3. The SMILES string of the molecule is COC(=O)NC[C@@H](C)CC(=O)N1CCC[C@H]1C(=O)NCc1ccc(-c2ccc(-c3cnc(C4CCCN4C(=O)[C@@H](NC(=O)OC)C(C)C)[nH]3)cc2)cc1. The largest absolute Gasteiger partial charge is 0.453 e. The molecule has 1 unspecified atom stereocenters. The van der Waals surface area contributed by atoms with E-state index in [1.54, 1.807) is 16.0 Å². The molecule has 1 aromatic heterocycles. The molecule has 53 heavy (non-hydrogen) atoms. The minimum absolute atomic E-state index is 0.0894. The van der Waals surface area contributed by atoms with Crippen LogP contribution in [0.2, 0.25) is 0 Å². The number of H-pyrrole nitrogens is 1. The molecular formula is C39H51N7O7. The van der Waals surface area contributed by atoms with Gasteiger partial charge in [0.05, 0.1) is 32.2 Å². The second-order valence-corrected chi connectivity index (χ2v) is 14.1. The van der Waals surface area contributed by atoms with E-state index in [4.69, 9.17) is 4.74 Å². The average Bonchev–Trinajstić information content (AvgIpc) is 3.96. The highest BCUT2D eigenvalue weighted by molar-refractivity contribution is 5.88. The van der Waals surface area contributed by atoms with Crippen LogP contribution in [0.15, 0.2) is 54.7 Å². The number of benzene rings is 2. The molecule has 2 saturated heterocycles. The second kappa shape index (κ2) is 17.9. The molecule has 2 aliphatic heterocycles. The minimum atomic E-state index is -0.692. The number of methoxy groups -OCH3 is 2. The van der Waals surface area contributed by atoms with E-state index in [0.717, 1.165) is 47.2 Å². The van der Waals surface area contributed by atoms with E-state index < -0.39 is 24.3 Å². The van der Waals surface area contributed by atoms with Crippen LogP contribution < -0.4 is 16.0 Å². The summed E-state index contributed by atoms with van der Waals surface area (Å²) in [6, 6.07) is 14.7. The molecule has 0 bridgehead atoms. The molecule has 0 aliphatic carbocycles. The van der Waals surface area contributed by atoms with Gasteiger partial charge in [-0.05, 0) is 59.8 Å². The van der Waals surface area contributed by atoms with Crippen molar-refractivity contribution in [3.05, 3.63) is 66.1 Å². The first kappa shape index (κ1) is 38.8. The molecule has 3 heterocycles. The van der Waals surface area contributed by atoms with Gasteiger partial charge < -0.3 is 40.2 Å². The Balaban J connectivity index is 1.14. The Morgan fingerprint density at radius 3 is 2.11 bits per heavy atom. The van der Waals surface area contributed by atoms with Gasteiger partial charge in [0.2, 0.25) is 17.7 Å². The zero-order valence-electron chi connectivity index (χ0n) is 31.1. The molecule has 0 spiro atoms. The maximum atomic E-state index is 13.5. The quantitative estimate of drug-likeness (QED) is 0.195. The Morgan fingerprint density at radius 2 is 1.45 bits per heavy atom. The Morgan fingerprint density at radius 1 is 0.830 bits per heavy atom. The molecule has 5 rings (SSSR count). The smallest absolute Gasteiger partial charge is 0.407 e. The first-order valence-electron chi connectivity index (χ1n) is 18.3. The molecule has 2 aliphatic rings. The second-order valence-electron chi connectivity index (χ2n) is 14.1. The summed E-state index contributed by atoms with van der Waals surface area (Å²) in [6.45, 7) is 7.46. The van der Waals surface area contributed by atoms with Crippen LogP contribution in [-0.2, 0) is 30.4 Å². The lowest BCUT2D eigenvalue weighted by atomic mass is 10.0. The number of carbonyl (C=O) groups is 5. The van der Waals surface area contributed by atoms with Gasteiger partial charge in [0.25, 0.3) is 0 Å². The van der Waals surface area contributed by atoms with Gasteiger partial charge in [0, 0.05) is 32.6 Å². The molecule has 2 fully saturated rings. The molecule has 0 radical (unpaired) electrons. The summed E-state index contributed by atoms with van der Waals surface area (Å²) in [7, 11) is 2.58. The van der Waals surface area contributed by atoms with Crippen LogP contribution in [-0.4, -0.2) is 95.6 Å². The van der Waals surface area contributed by atoms with Crippen molar-refractivity contribution < 1.29 is 33.4 Å². The zero-order chi connectivity index (χ0) is 38.1. The third-order valence-electron chi connectivity index (χ3n) is 9.97. The number of ether oxygens (including phenoxy) is 2. The van der Waals surface area contributed by atoms with Gasteiger partial charge in [-0.2, -0.15) is 0 Å². The van der Waals surface area contributed by atoms with Crippen molar-refractivity contribution >= 4 is 29.9 Å². The Kier molecular flexibility index (Phi) is 13.1. The summed E-state index contributed by atoms with van der Waals surface area (Å²) in [5, 5.41) is 8.30. The van der Waals surface area contributed by atoms with Gasteiger partial charge in [0.1, 0.15) is 17.9 Å². The van der Waals surface area contributed by atoms with Gasteiger partial charge in [0.15, 0.2) is 0 Å². The highest BCUT2D eigenvalue weighted by Gasteiger charge is 2.38. The van der Waals surface area contributed by atoms with Crippen molar-refractivity contribution in [1.82, 2.24) is 35.7 Å². The molecule has 14 nitrogen and oxygen atoms in total. The number of amides is 5. The standard InChI is InChI=1S/C39H51N7O7/c1-24(2)34(44-39(51)53-5)37(49)46-19-6-8-31(46)35-40-23-30(43-35)29-16-14-28(15-17-29)27-12-10-26(11-13-27)22-41-36(48)32-9-7-18-45(32)33(47)20-25(3)21-42-38(50)52-4/h10-17,23-25,31-32,34H,6-9,18-22H2,1-5H3,(H,40,43)(H,41,48)(H,42,50)(H,44,51)/t25-,31?,32-,34-/m0/s1. The number of aromatic amines is 1. The van der Waals surface area contributed by atoms with Crippen molar-refractivity contribution in [2.45, 2.75) is 77.5 Å². The van der Waals surface area contributed by atoms with Crippen molar-refractivity contribution in [1.29, 1.82) is 0 Å². The molecule has 4 N–H and O–H groups in total. The number of imidazole rings is 1. The Labute approximate surface area is 310 Å². The Hall–Kier alpha value is -5.40. The molecule has 14 heteroatoms.